The summed E-state index contributed by atoms with van der Waals surface area (Å²) in [4.78, 5) is 10.9. The fraction of sp³-hybridized carbons (Fsp3) is 0.417. The molecule has 0 aromatic heterocycles. The minimum atomic E-state index is -3.87. The van der Waals surface area contributed by atoms with E-state index in [1.54, 1.807) is 6.92 Å². The molecule has 118 valence electrons. The van der Waals surface area contributed by atoms with Gasteiger partial charge in [0.15, 0.2) is 0 Å². The van der Waals surface area contributed by atoms with Crippen molar-refractivity contribution in [2.24, 2.45) is 0 Å². The molecule has 6 nitrogen and oxygen atoms in total. The van der Waals surface area contributed by atoms with Crippen molar-refractivity contribution in [3.8, 4) is 0 Å². The van der Waals surface area contributed by atoms with Gasteiger partial charge in [-0.3, -0.25) is 4.79 Å². The molecule has 9 heteroatoms. The Kier molecular flexibility index (Phi) is 6.73. The molecule has 0 radical (unpaired) electrons. The average molecular weight is 355 g/mol. The molecule has 1 aromatic rings. The zero-order chi connectivity index (χ0) is 16.0. The molecule has 0 saturated carbocycles. The number of nitrogens with two attached hydrogens (primary N) is 1. The molecular weight excluding hydrogens is 339 g/mol. The van der Waals surface area contributed by atoms with Crippen molar-refractivity contribution in [3.05, 3.63) is 22.2 Å². The number of carbonyl (C=O) groups is 1. The number of carbonyl (C=O) groups excluding carboxylic acids is 1. The summed E-state index contributed by atoms with van der Waals surface area (Å²) in [5.41, 5.74) is 5.79. The van der Waals surface area contributed by atoms with Gasteiger partial charge in [-0.2, -0.15) is 0 Å². The minimum absolute atomic E-state index is 0.0575. The van der Waals surface area contributed by atoms with Crippen molar-refractivity contribution >= 4 is 44.9 Å². The number of ether oxygens (including phenoxy) is 1. The maximum atomic E-state index is 12.1. The van der Waals surface area contributed by atoms with Gasteiger partial charge in [-0.1, -0.05) is 23.2 Å². The van der Waals surface area contributed by atoms with Crippen LogP contribution in [0.2, 0.25) is 10.0 Å². The molecule has 21 heavy (non-hydrogen) atoms. The Labute approximate surface area is 133 Å². The van der Waals surface area contributed by atoms with Gasteiger partial charge < -0.3 is 10.5 Å². The maximum absolute atomic E-state index is 12.1. The van der Waals surface area contributed by atoms with Crippen molar-refractivity contribution in [2.45, 2.75) is 24.7 Å². The van der Waals surface area contributed by atoms with Crippen LogP contribution >= 0.6 is 23.2 Å². The standard InChI is InChI=1S/C12H16Cl2N2O4S/c1-2-20-11(17)4-3-5-16-21(18,19)12-9(13)6-8(15)7-10(12)14/h6-7,16H,2-5,15H2,1H3. The lowest BCUT2D eigenvalue weighted by Gasteiger charge is -2.10. The third-order valence-electron chi connectivity index (χ3n) is 2.44. The number of hydrogen-bond acceptors (Lipinski definition) is 5. The third kappa shape index (κ3) is 5.35. The first-order chi connectivity index (χ1) is 9.77. The monoisotopic (exact) mass is 354 g/mol. The zero-order valence-electron chi connectivity index (χ0n) is 11.4. The molecule has 0 aliphatic carbocycles. The summed E-state index contributed by atoms with van der Waals surface area (Å²) in [6.45, 7) is 2.06. The normalized spacial score (nSPS) is 11.4. The van der Waals surface area contributed by atoms with Crippen molar-refractivity contribution < 1.29 is 17.9 Å². The van der Waals surface area contributed by atoms with E-state index in [9.17, 15) is 13.2 Å². The summed E-state index contributed by atoms with van der Waals surface area (Å²) in [5.74, 6) is -0.375. The molecule has 0 spiro atoms. The molecule has 1 rings (SSSR count). The Morgan fingerprint density at radius 2 is 1.90 bits per heavy atom. The predicted molar refractivity (Wildman–Crippen MR) is 81.9 cm³/mol. The van der Waals surface area contributed by atoms with Crippen LogP contribution in [-0.2, 0) is 19.6 Å². The fourth-order valence-electron chi connectivity index (χ4n) is 1.58. The van der Waals surface area contributed by atoms with Gasteiger partial charge >= 0.3 is 5.97 Å². The SMILES string of the molecule is CCOC(=O)CCCNS(=O)(=O)c1c(Cl)cc(N)cc1Cl. The Morgan fingerprint density at radius 1 is 1.33 bits per heavy atom. The van der Waals surface area contributed by atoms with Crippen molar-refractivity contribution in [1.82, 2.24) is 4.72 Å². The second kappa shape index (κ2) is 7.84. The van der Waals surface area contributed by atoms with Crippen LogP contribution in [0, 0.1) is 0 Å². The van der Waals surface area contributed by atoms with E-state index < -0.39 is 10.0 Å². The van der Waals surface area contributed by atoms with Crippen molar-refractivity contribution in [3.63, 3.8) is 0 Å². The van der Waals surface area contributed by atoms with E-state index in [1.807, 2.05) is 0 Å². The molecule has 0 aliphatic rings. The highest BCUT2D eigenvalue weighted by Crippen LogP contribution is 2.31. The van der Waals surface area contributed by atoms with Gasteiger partial charge in [0.2, 0.25) is 10.0 Å². The first-order valence-electron chi connectivity index (χ1n) is 6.17. The van der Waals surface area contributed by atoms with Crippen LogP contribution in [0.4, 0.5) is 5.69 Å². The van der Waals surface area contributed by atoms with E-state index in [2.05, 4.69) is 4.72 Å². The van der Waals surface area contributed by atoms with Gasteiger partial charge in [0.1, 0.15) is 4.90 Å². The van der Waals surface area contributed by atoms with Crippen LogP contribution in [0.3, 0.4) is 0 Å². The lowest BCUT2D eigenvalue weighted by molar-refractivity contribution is -0.143. The number of nitrogen functional groups attached to an aromatic ring is 1. The van der Waals surface area contributed by atoms with Gasteiger partial charge in [0.25, 0.3) is 0 Å². The van der Waals surface area contributed by atoms with E-state index >= 15 is 0 Å². The van der Waals surface area contributed by atoms with Crippen LogP contribution in [0.5, 0.6) is 0 Å². The summed E-state index contributed by atoms with van der Waals surface area (Å²) < 4.78 is 31.3. The molecular formula is C12H16Cl2N2O4S. The number of halogens is 2. The second-order valence-electron chi connectivity index (χ2n) is 4.12. The number of anilines is 1. The van der Waals surface area contributed by atoms with Crippen LogP contribution in [0.15, 0.2) is 17.0 Å². The van der Waals surface area contributed by atoms with E-state index in [0.29, 0.717) is 13.0 Å². The predicted octanol–water partition coefficient (Wildman–Crippen LogP) is 2.20. The molecule has 0 fully saturated rings. The minimum Gasteiger partial charge on any atom is -0.466 e. The Bertz CT molecular complexity index is 597. The van der Waals surface area contributed by atoms with E-state index in [4.69, 9.17) is 33.7 Å². The highest BCUT2D eigenvalue weighted by Gasteiger charge is 2.22. The van der Waals surface area contributed by atoms with Gasteiger partial charge in [0, 0.05) is 18.7 Å². The average Bonchev–Trinajstić information content (AvgIpc) is 2.33. The van der Waals surface area contributed by atoms with Gasteiger partial charge in [-0.25, -0.2) is 13.1 Å². The molecule has 0 unspecified atom stereocenters. The Morgan fingerprint density at radius 3 is 2.43 bits per heavy atom. The molecule has 0 saturated heterocycles. The van der Waals surface area contributed by atoms with Crippen LogP contribution in [0.25, 0.3) is 0 Å². The lowest BCUT2D eigenvalue weighted by Crippen LogP contribution is -2.26. The summed E-state index contributed by atoms with van der Waals surface area (Å²) in [5, 5.41) is -0.115. The number of esters is 1. The Balaban J connectivity index is 2.69. The summed E-state index contributed by atoms with van der Waals surface area (Å²) in [7, 11) is -3.87. The number of nitrogens with one attached hydrogen (secondary N) is 1. The van der Waals surface area contributed by atoms with Crippen molar-refractivity contribution in [2.75, 3.05) is 18.9 Å². The first-order valence-corrected chi connectivity index (χ1v) is 8.41. The number of benzene rings is 1. The van der Waals surface area contributed by atoms with E-state index in [1.165, 1.54) is 12.1 Å². The summed E-state index contributed by atoms with van der Waals surface area (Å²) >= 11 is 11.7. The topological polar surface area (TPSA) is 98.5 Å². The maximum Gasteiger partial charge on any atom is 0.305 e. The highest BCUT2D eigenvalue weighted by atomic mass is 35.5. The third-order valence-corrected chi connectivity index (χ3v) is 4.83. The van der Waals surface area contributed by atoms with Gasteiger partial charge in [-0.05, 0) is 25.5 Å². The summed E-state index contributed by atoms with van der Waals surface area (Å²) in [6.07, 6.45) is 0.432. The van der Waals surface area contributed by atoms with Crippen LogP contribution in [0.1, 0.15) is 19.8 Å². The molecule has 0 bridgehead atoms. The zero-order valence-corrected chi connectivity index (χ0v) is 13.7. The second-order valence-corrected chi connectivity index (χ2v) is 6.64. The molecule has 0 atom stereocenters. The number of hydrogen-bond donors (Lipinski definition) is 2. The van der Waals surface area contributed by atoms with E-state index in [0.717, 1.165) is 0 Å². The largest absolute Gasteiger partial charge is 0.466 e. The van der Waals surface area contributed by atoms with Crippen LogP contribution < -0.4 is 10.5 Å². The fourth-order valence-corrected chi connectivity index (χ4v) is 3.88. The molecule has 0 amide bonds. The Hall–Kier alpha value is -1.02. The highest BCUT2D eigenvalue weighted by molar-refractivity contribution is 7.89. The molecule has 0 aliphatic heterocycles. The summed E-state index contributed by atoms with van der Waals surface area (Å²) in [6, 6.07) is 2.61. The molecule has 1 aromatic carbocycles. The molecule has 0 heterocycles. The number of sulfonamides is 1. The smallest absolute Gasteiger partial charge is 0.305 e. The van der Waals surface area contributed by atoms with Gasteiger partial charge in [0.05, 0.1) is 16.7 Å². The lowest BCUT2D eigenvalue weighted by atomic mass is 10.3. The van der Waals surface area contributed by atoms with Gasteiger partial charge in [-0.15, -0.1) is 0 Å². The van der Waals surface area contributed by atoms with E-state index in [-0.39, 0.29) is 39.6 Å². The van der Waals surface area contributed by atoms with Crippen molar-refractivity contribution in [1.29, 1.82) is 0 Å². The quantitative estimate of drug-likeness (QED) is 0.444. The first kappa shape index (κ1) is 18.0. The number of rotatable bonds is 7. The van der Waals surface area contributed by atoms with Crippen LogP contribution in [-0.4, -0.2) is 27.5 Å². The molecule has 3 N–H and O–H groups in total.